The van der Waals surface area contributed by atoms with Crippen molar-refractivity contribution in [1.82, 2.24) is 10.6 Å². The molecule has 1 heterocycles. The molecule has 0 bridgehead atoms. The van der Waals surface area contributed by atoms with E-state index >= 15 is 0 Å². The predicted octanol–water partition coefficient (Wildman–Crippen LogP) is 4.24. The van der Waals surface area contributed by atoms with Crippen molar-refractivity contribution in [1.29, 1.82) is 0 Å². The van der Waals surface area contributed by atoms with Crippen LogP contribution in [0.3, 0.4) is 0 Å². The van der Waals surface area contributed by atoms with E-state index in [-0.39, 0.29) is 24.2 Å². The zero-order chi connectivity index (χ0) is 29.3. The third-order valence-electron chi connectivity index (χ3n) is 6.05. The van der Waals surface area contributed by atoms with E-state index in [1.807, 2.05) is 35.1 Å². The van der Waals surface area contributed by atoms with Gasteiger partial charge in [0.15, 0.2) is 0 Å². The number of rotatable bonds is 12. The van der Waals surface area contributed by atoms with Gasteiger partial charge in [0.2, 0.25) is 5.91 Å². The second kappa shape index (κ2) is 14.0. The molecule has 3 atom stereocenters. The molecule has 0 aromatic heterocycles. The lowest BCUT2D eigenvalue weighted by molar-refractivity contribution is -0.125. The Morgan fingerprint density at radius 2 is 1.73 bits per heavy atom. The highest BCUT2D eigenvalue weighted by Crippen LogP contribution is 2.25. The number of carbonyl (C=O) groups is 2. The molecule has 0 aliphatic carbocycles. The first-order chi connectivity index (χ1) is 18.8. The van der Waals surface area contributed by atoms with E-state index in [2.05, 4.69) is 17.6 Å². The molecule has 0 saturated heterocycles. The van der Waals surface area contributed by atoms with Crippen molar-refractivity contribution in [2.45, 2.75) is 64.6 Å². The first-order valence-electron chi connectivity index (χ1n) is 13.2. The lowest BCUT2D eigenvalue weighted by Crippen LogP contribution is -2.47. The fourth-order valence-corrected chi connectivity index (χ4v) is 5.77. The van der Waals surface area contributed by atoms with E-state index in [0.717, 1.165) is 28.3 Å². The normalized spacial score (nSPS) is 16.9. The van der Waals surface area contributed by atoms with Crippen LogP contribution in [-0.4, -0.2) is 60.0 Å². The highest BCUT2D eigenvalue weighted by Gasteiger charge is 2.29. The van der Waals surface area contributed by atoms with Gasteiger partial charge in [-0.2, -0.15) is 8.42 Å². The number of anilines is 1. The molecular formula is C28H38N4O6S2. The van der Waals surface area contributed by atoms with E-state index in [1.165, 1.54) is 0 Å². The fourth-order valence-electron chi connectivity index (χ4n) is 4.10. The van der Waals surface area contributed by atoms with Crippen LogP contribution in [0.2, 0.25) is 0 Å². The summed E-state index contributed by atoms with van der Waals surface area (Å²) in [4.78, 5) is 30.9. The van der Waals surface area contributed by atoms with Crippen molar-refractivity contribution in [2.24, 2.45) is 10.9 Å². The van der Waals surface area contributed by atoms with Crippen molar-refractivity contribution in [2.75, 3.05) is 17.0 Å². The summed E-state index contributed by atoms with van der Waals surface area (Å²) >= 11 is 1.62. The molecule has 4 N–H and O–H groups in total. The summed E-state index contributed by atoms with van der Waals surface area (Å²) in [5.41, 5.74) is 1.38. The molecule has 0 saturated carbocycles. The number of thioether (sulfide) groups is 1. The smallest absolute Gasteiger partial charge is 0.407 e. The Morgan fingerprint density at radius 3 is 2.30 bits per heavy atom. The average Bonchev–Trinajstić information content (AvgIpc) is 3.35. The van der Waals surface area contributed by atoms with E-state index in [1.54, 1.807) is 56.8 Å². The maximum absolute atomic E-state index is 13.7. The molecule has 10 nitrogen and oxygen atoms in total. The minimum atomic E-state index is -4.38. The molecule has 3 rings (SSSR count). The standard InChI is InChI=1S/C28H38N4O6S2/c1-5-22-18-39-26(30-22)24(16-20-11-13-23(14-12-20)32-40(35,36)37)31-25(33)21(15-19-9-7-6-8-10-19)17-29-27(34)38-28(2,3)4/h6-14,21-22,24,32H,5,15-18H2,1-4H3,(H,29,34)(H,31,33)(H,35,36,37)/t21-,22?,24-/m0/s1. The molecule has 218 valence electrons. The summed E-state index contributed by atoms with van der Waals surface area (Å²) in [6, 6.07) is 15.9. The molecule has 1 aliphatic rings. The van der Waals surface area contributed by atoms with E-state index in [4.69, 9.17) is 14.3 Å². The highest BCUT2D eigenvalue weighted by atomic mass is 32.2. The van der Waals surface area contributed by atoms with Gasteiger partial charge in [-0.1, -0.05) is 49.4 Å². The summed E-state index contributed by atoms with van der Waals surface area (Å²) in [5.74, 6) is 0.0498. The zero-order valence-electron chi connectivity index (χ0n) is 23.2. The third kappa shape index (κ3) is 10.8. The van der Waals surface area contributed by atoms with Crippen LogP contribution in [-0.2, 0) is 32.7 Å². The van der Waals surface area contributed by atoms with Gasteiger partial charge in [0.25, 0.3) is 0 Å². The van der Waals surface area contributed by atoms with Crippen LogP contribution in [0.25, 0.3) is 0 Å². The Hall–Kier alpha value is -3.09. The maximum Gasteiger partial charge on any atom is 0.407 e. The number of benzene rings is 2. The van der Waals surface area contributed by atoms with Gasteiger partial charge in [-0.15, -0.1) is 11.8 Å². The molecule has 0 radical (unpaired) electrons. The number of ether oxygens (including phenoxy) is 1. The van der Waals surface area contributed by atoms with Crippen molar-refractivity contribution in [3.05, 3.63) is 65.7 Å². The summed E-state index contributed by atoms with van der Waals surface area (Å²) in [6.45, 7) is 7.50. The van der Waals surface area contributed by atoms with Crippen LogP contribution in [0, 0.1) is 5.92 Å². The van der Waals surface area contributed by atoms with Gasteiger partial charge >= 0.3 is 16.4 Å². The van der Waals surface area contributed by atoms with Gasteiger partial charge in [-0.3, -0.25) is 19.1 Å². The van der Waals surface area contributed by atoms with Crippen LogP contribution >= 0.6 is 11.8 Å². The van der Waals surface area contributed by atoms with Crippen molar-refractivity contribution >= 4 is 44.8 Å². The molecule has 0 spiro atoms. The predicted molar refractivity (Wildman–Crippen MR) is 159 cm³/mol. The van der Waals surface area contributed by atoms with Crippen molar-refractivity contribution < 1.29 is 27.3 Å². The van der Waals surface area contributed by atoms with Crippen LogP contribution in [0.5, 0.6) is 0 Å². The fraction of sp³-hybridized carbons (Fsp3) is 0.464. The number of nitrogens with one attached hydrogen (secondary N) is 3. The molecule has 40 heavy (non-hydrogen) atoms. The zero-order valence-corrected chi connectivity index (χ0v) is 24.8. The maximum atomic E-state index is 13.7. The monoisotopic (exact) mass is 590 g/mol. The molecule has 2 amide bonds. The van der Waals surface area contributed by atoms with Crippen molar-refractivity contribution in [3.8, 4) is 0 Å². The minimum Gasteiger partial charge on any atom is -0.444 e. The Morgan fingerprint density at radius 1 is 1.07 bits per heavy atom. The van der Waals surface area contributed by atoms with E-state index in [0.29, 0.717) is 12.8 Å². The molecular weight excluding hydrogens is 552 g/mol. The second-order valence-corrected chi connectivity index (χ2v) is 12.8. The van der Waals surface area contributed by atoms with Gasteiger partial charge in [0.1, 0.15) is 5.60 Å². The van der Waals surface area contributed by atoms with Crippen LogP contribution in [0.4, 0.5) is 10.5 Å². The number of nitrogens with zero attached hydrogens (tertiary/aromatic N) is 1. The van der Waals surface area contributed by atoms with Gasteiger partial charge in [0.05, 0.1) is 28.7 Å². The SMILES string of the molecule is CCC1CSC([C@H](Cc2ccc(NS(=O)(=O)O)cc2)NC(=O)[C@H](CNC(=O)OC(C)(C)C)Cc2ccccc2)=N1. The van der Waals surface area contributed by atoms with Gasteiger partial charge < -0.3 is 15.4 Å². The molecule has 2 aromatic carbocycles. The number of amides is 2. The number of hydrogen-bond donors (Lipinski definition) is 4. The number of aliphatic imine (C=N–C) groups is 1. The molecule has 1 aliphatic heterocycles. The van der Waals surface area contributed by atoms with E-state index < -0.39 is 34.0 Å². The topological polar surface area (TPSA) is 146 Å². The molecule has 1 unspecified atom stereocenters. The van der Waals surface area contributed by atoms with Crippen LogP contribution < -0.4 is 15.4 Å². The molecule has 2 aromatic rings. The number of alkyl carbamates (subject to hydrolysis) is 1. The van der Waals surface area contributed by atoms with Crippen LogP contribution in [0.1, 0.15) is 45.2 Å². The second-order valence-electron chi connectivity index (χ2n) is 10.6. The summed E-state index contributed by atoms with van der Waals surface area (Å²) < 4.78 is 38.7. The first-order valence-corrected chi connectivity index (χ1v) is 15.6. The van der Waals surface area contributed by atoms with Crippen LogP contribution in [0.15, 0.2) is 59.6 Å². The van der Waals surface area contributed by atoms with Gasteiger partial charge in [-0.25, -0.2) is 4.79 Å². The molecule has 0 fully saturated rings. The Balaban J connectivity index is 1.79. The van der Waals surface area contributed by atoms with Gasteiger partial charge in [0, 0.05) is 12.3 Å². The summed E-state index contributed by atoms with van der Waals surface area (Å²) in [7, 11) is -4.38. The number of carbonyl (C=O) groups excluding carboxylic acids is 2. The largest absolute Gasteiger partial charge is 0.444 e. The Kier molecular flexibility index (Phi) is 11.0. The third-order valence-corrected chi connectivity index (χ3v) is 7.78. The lowest BCUT2D eigenvalue weighted by Gasteiger charge is -2.24. The molecule has 12 heteroatoms. The summed E-state index contributed by atoms with van der Waals surface area (Å²) in [5, 5.41) is 6.74. The van der Waals surface area contributed by atoms with Gasteiger partial charge in [-0.05, 0) is 63.3 Å². The quantitative estimate of drug-likeness (QED) is 0.271. The van der Waals surface area contributed by atoms with E-state index in [9.17, 15) is 18.0 Å². The minimum absolute atomic E-state index is 0.0928. The Labute approximate surface area is 240 Å². The highest BCUT2D eigenvalue weighted by molar-refractivity contribution is 8.14. The summed E-state index contributed by atoms with van der Waals surface area (Å²) in [6.07, 6.45) is 1.15. The average molecular weight is 591 g/mol. The Bertz CT molecular complexity index is 1280. The number of hydrogen-bond acceptors (Lipinski definition) is 7. The first kappa shape index (κ1) is 31.4. The lowest BCUT2D eigenvalue weighted by atomic mass is 9.97. The van der Waals surface area contributed by atoms with Crippen molar-refractivity contribution in [3.63, 3.8) is 0 Å².